The third-order valence-corrected chi connectivity index (χ3v) is 6.29. The quantitative estimate of drug-likeness (QED) is 0.363. The van der Waals surface area contributed by atoms with Gasteiger partial charge in [-0.15, -0.1) is 0 Å². The molecule has 3 heterocycles. The van der Waals surface area contributed by atoms with Crippen LogP contribution in [0.4, 0.5) is 0 Å². The first kappa shape index (κ1) is 21.4. The van der Waals surface area contributed by atoms with Crippen molar-refractivity contribution in [3.63, 3.8) is 0 Å². The minimum absolute atomic E-state index is 0.163. The van der Waals surface area contributed by atoms with Crippen LogP contribution in [0.1, 0.15) is 49.4 Å². The lowest BCUT2D eigenvalue weighted by Gasteiger charge is -2.26. The number of aryl methyl sites for hydroxylation is 1. The molecule has 0 aliphatic carbocycles. The summed E-state index contributed by atoms with van der Waals surface area (Å²) in [4.78, 5) is 23.8. The average molecular weight is 418 g/mol. The summed E-state index contributed by atoms with van der Waals surface area (Å²) < 4.78 is 5.11. The van der Waals surface area contributed by atoms with E-state index in [2.05, 4.69) is 27.0 Å². The van der Waals surface area contributed by atoms with Crippen molar-refractivity contribution < 1.29 is 9.53 Å². The second-order valence-electron chi connectivity index (χ2n) is 8.44. The molecule has 1 unspecified atom stereocenters. The van der Waals surface area contributed by atoms with Crippen LogP contribution in [-0.4, -0.2) is 41.0 Å². The average Bonchev–Trinajstić information content (AvgIpc) is 3.27. The van der Waals surface area contributed by atoms with Gasteiger partial charge in [-0.05, 0) is 68.0 Å². The summed E-state index contributed by atoms with van der Waals surface area (Å²) in [6.45, 7) is 1.92. The third-order valence-electron chi connectivity index (χ3n) is 6.29. The van der Waals surface area contributed by atoms with Crippen LogP contribution in [0.25, 0.3) is 11.0 Å². The molecule has 1 fully saturated rings. The van der Waals surface area contributed by atoms with E-state index in [1.165, 1.54) is 26.4 Å². The third kappa shape index (κ3) is 5.47. The minimum atomic E-state index is -0.288. The summed E-state index contributed by atoms with van der Waals surface area (Å²) in [6.07, 6.45) is 8.74. The molecule has 0 bridgehead atoms. The van der Waals surface area contributed by atoms with Gasteiger partial charge in [-0.2, -0.15) is 0 Å². The van der Waals surface area contributed by atoms with Gasteiger partial charge in [0.1, 0.15) is 6.04 Å². The molecule has 31 heavy (non-hydrogen) atoms. The van der Waals surface area contributed by atoms with Crippen molar-refractivity contribution in [3.8, 4) is 0 Å². The van der Waals surface area contributed by atoms with E-state index in [0.29, 0.717) is 5.92 Å². The molecule has 1 aliphatic rings. The number of hydrogen-bond acceptors (Lipinski definition) is 5. The number of benzene rings is 1. The molecule has 5 heteroatoms. The van der Waals surface area contributed by atoms with Gasteiger partial charge in [-0.25, -0.2) is 14.8 Å². The predicted octanol–water partition coefficient (Wildman–Crippen LogP) is 4.97. The summed E-state index contributed by atoms with van der Waals surface area (Å²) in [5.41, 5.74) is 2.99. The van der Waals surface area contributed by atoms with E-state index in [0.717, 1.165) is 54.6 Å². The first-order valence-corrected chi connectivity index (χ1v) is 11.3. The van der Waals surface area contributed by atoms with Crippen LogP contribution in [0.3, 0.4) is 0 Å². The molecule has 2 aromatic heterocycles. The largest absolute Gasteiger partial charge is 0.468 e. The Balaban J connectivity index is 1.22. The van der Waals surface area contributed by atoms with Crippen molar-refractivity contribution in [2.24, 2.45) is 5.92 Å². The number of fused-ring (bicyclic) bond motifs is 1. The highest BCUT2D eigenvalue weighted by Gasteiger charge is 2.33. The molecule has 2 atom stereocenters. The molecule has 0 amide bonds. The van der Waals surface area contributed by atoms with E-state index in [9.17, 15) is 4.79 Å². The Bertz CT molecular complexity index is 992. The first-order valence-electron chi connectivity index (χ1n) is 11.3. The zero-order valence-corrected chi connectivity index (χ0v) is 18.2. The van der Waals surface area contributed by atoms with Crippen LogP contribution in [0.2, 0.25) is 0 Å². The molecule has 3 aromatic rings. The fourth-order valence-electron chi connectivity index (χ4n) is 4.62. The smallest absolute Gasteiger partial charge is 0.327 e. The van der Waals surface area contributed by atoms with Crippen LogP contribution in [-0.2, 0) is 16.0 Å². The van der Waals surface area contributed by atoms with Gasteiger partial charge >= 0.3 is 5.97 Å². The molecule has 1 aliphatic heterocycles. The Morgan fingerprint density at radius 2 is 1.97 bits per heavy atom. The summed E-state index contributed by atoms with van der Waals surface area (Å²) in [5.74, 6) is 0.489. The maximum Gasteiger partial charge on any atom is 0.327 e. The van der Waals surface area contributed by atoms with Crippen molar-refractivity contribution >= 4 is 17.0 Å². The number of esters is 1. The number of unbranched alkanes of at least 4 members (excludes halogenated alkanes) is 2. The van der Waals surface area contributed by atoms with Crippen LogP contribution < -0.4 is 0 Å². The summed E-state index contributed by atoms with van der Waals surface area (Å²) in [6, 6.07) is 17.9. The Labute approximate surface area is 184 Å². The van der Waals surface area contributed by atoms with Crippen molar-refractivity contribution in [2.75, 3.05) is 20.2 Å². The number of carbonyl (C=O) groups is 1. The van der Waals surface area contributed by atoms with Gasteiger partial charge in [-0.3, -0.25) is 4.90 Å². The van der Waals surface area contributed by atoms with Crippen LogP contribution in [0, 0.1) is 5.92 Å². The number of pyridine rings is 2. The number of methoxy groups -OCH3 is 1. The zero-order valence-electron chi connectivity index (χ0n) is 18.2. The number of aromatic nitrogens is 2. The number of likely N-dealkylation sites (tertiary alicyclic amines) is 1. The van der Waals surface area contributed by atoms with Gasteiger partial charge < -0.3 is 4.74 Å². The fraction of sp³-hybridized carbons (Fsp3) is 0.423. The number of ether oxygens (including phenoxy) is 1. The Hall–Kier alpha value is -2.79. The second kappa shape index (κ2) is 10.5. The molecule has 0 saturated carbocycles. The van der Waals surface area contributed by atoms with Gasteiger partial charge in [0.2, 0.25) is 0 Å². The van der Waals surface area contributed by atoms with Gasteiger partial charge in [0.15, 0.2) is 5.65 Å². The minimum Gasteiger partial charge on any atom is -0.468 e. The standard InChI is InChI=1S/C26H31N3O2/c1-31-26(30)24(21-10-5-3-6-11-21)29-18-16-20(19-29)9-4-2-7-13-23-15-14-22-12-8-17-27-25(22)28-23/h3,5-6,8,10-12,14-15,17,20,24H,2,4,7,9,13,16,18-19H2,1H3/t20-,24?/m1/s1. The summed E-state index contributed by atoms with van der Waals surface area (Å²) in [7, 11) is 1.48. The van der Waals surface area contributed by atoms with Crippen molar-refractivity contribution in [1.82, 2.24) is 14.9 Å². The predicted molar refractivity (Wildman–Crippen MR) is 123 cm³/mol. The molecule has 0 spiro atoms. The van der Waals surface area contributed by atoms with Crippen molar-refractivity contribution in [2.45, 2.75) is 44.6 Å². The lowest BCUT2D eigenvalue weighted by molar-refractivity contribution is -0.147. The molecule has 1 aromatic carbocycles. The SMILES string of the molecule is COC(=O)C(c1ccccc1)N1CC[C@@H](CCCCCc2ccc3cccnc3n2)C1. The Kier molecular flexibility index (Phi) is 7.26. The number of rotatable bonds is 9. The van der Waals surface area contributed by atoms with Crippen molar-refractivity contribution in [3.05, 3.63) is 72.1 Å². The molecule has 0 radical (unpaired) electrons. The van der Waals surface area contributed by atoms with Gasteiger partial charge in [-0.1, -0.05) is 43.2 Å². The van der Waals surface area contributed by atoms with E-state index in [1.807, 2.05) is 42.5 Å². The fourth-order valence-corrected chi connectivity index (χ4v) is 4.62. The van der Waals surface area contributed by atoms with E-state index in [1.54, 1.807) is 6.20 Å². The molecule has 4 rings (SSSR count). The normalized spacial score (nSPS) is 17.6. The monoisotopic (exact) mass is 417 g/mol. The highest BCUT2D eigenvalue weighted by atomic mass is 16.5. The van der Waals surface area contributed by atoms with E-state index in [-0.39, 0.29) is 12.0 Å². The summed E-state index contributed by atoms with van der Waals surface area (Å²) in [5, 5.41) is 1.10. The van der Waals surface area contributed by atoms with Crippen LogP contribution in [0.5, 0.6) is 0 Å². The van der Waals surface area contributed by atoms with E-state index in [4.69, 9.17) is 4.74 Å². The topological polar surface area (TPSA) is 55.3 Å². The number of hydrogen-bond donors (Lipinski definition) is 0. The summed E-state index contributed by atoms with van der Waals surface area (Å²) >= 11 is 0. The van der Waals surface area contributed by atoms with Gasteiger partial charge in [0.05, 0.1) is 7.11 Å². The van der Waals surface area contributed by atoms with Gasteiger partial charge in [0.25, 0.3) is 0 Å². The highest BCUT2D eigenvalue weighted by Crippen LogP contribution is 2.31. The molecule has 1 saturated heterocycles. The Morgan fingerprint density at radius 3 is 2.81 bits per heavy atom. The maximum absolute atomic E-state index is 12.4. The Morgan fingerprint density at radius 1 is 1.10 bits per heavy atom. The highest BCUT2D eigenvalue weighted by molar-refractivity contribution is 5.77. The number of carbonyl (C=O) groups excluding carboxylic acids is 1. The lowest BCUT2D eigenvalue weighted by Crippen LogP contribution is -2.33. The zero-order chi connectivity index (χ0) is 21.5. The van der Waals surface area contributed by atoms with E-state index >= 15 is 0 Å². The van der Waals surface area contributed by atoms with Crippen molar-refractivity contribution in [1.29, 1.82) is 0 Å². The maximum atomic E-state index is 12.4. The molecule has 0 N–H and O–H groups in total. The van der Waals surface area contributed by atoms with Crippen LogP contribution in [0.15, 0.2) is 60.8 Å². The second-order valence-corrected chi connectivity index (χ2v) is 8.44. The number of nitrogens with zero attached hydrogens (tertiary/aromatic N) is 3. The first-order chi connectivity index (χ1) is 15.2. The van der Waals surface area contributed by atoms with Crippen LogP contribution >= 0.6 is 0 Å². The van der Waals surface area contributed by atoms with Gasteiger partial charge in [0, 0.05) is 23.8 Å². The van der Waals surface area contributed by atoms with E-state index < -0.39 is 0 Å². The molecular formula is C26H31N3O2. The molecule has 162 valence electrons. The lowest BCUT2D eigenvalue weighted by atomic mass is 9.99. The molecule has 5 nitrogen and oxygen atoms in total. The molecular weight excluding hydrogens is 386 g/mol.